The molecule has 0 N–H and O–H groups in total. The monoisotopic (exact) mass is 233 g/mol. The van der Waals surface area contributed by atoms with Crippen LogP contribution in [0, 0.1) is 5.82 Å². The molecule has 0 aliphatic rings. The highest BCUT2D eigenvalue weighted by Crippen LogP contribution is 2.25. The zero-order chi connectivity index (χ0) is 12.4. The van der Waals surface area contributed by atoms with Crippen molar-refractivity contribution >= 4 is 16.7 Å². The molecule has 1 aromatic heterocycles. The first kappa shape index (κ1) is 11.8. The van der Waals surface area contributed by atoms with E-state index in [9.17, 15) is 4.39 Å². The van der Waals surface area contributed by atoms with Crippen LogP contribution in [0.5, 0.6) is 0 Å². The van der Waals surface area contributed by atoms with Gasteiger partial charge in [0.05, 0.1) is 0 Å². The summed E-state index contributed by atoms with van der Waals surface area (Å²) in [5.74, 6) is 0.498. The topological polar surface area (TPSA) is 29.0 Å². The van der Waals surface area contributed by atoms with Gasteiger partial charge in [-0.3, -0.25) is 0 Å². The molecular weight excluding hydrogens is 217 g/mol. The van der Waals surface area contributed by atoms with E-state index in [1.165, 1.54) is 12.4 Å². The van der Waals surface area contributed by atoms with E-state index in [2.05, 4.69) is 35.6 Å². The zero-order valence-electron chi connectivity index (χ0n) is 10.3. The molecule has 0 bridgehead atoms. The molecule has 17 heavy (non-hydrogen) atoms. The molecule has 0 radical (unpaired) electrons. The van der Waals surface area contributed by atoms with E-state index in [4.69, 9.17) is 0 Å². The second kappa shape index (κ2) is 4.65. The maximum atomic E-state index is 13.6. The summed E-state index contributed by atoms with van der Waals surface area (Å²) in [5.41, 5.74) is 0.386. The van der Waals surface area contributed by atoms with Crippen molar-refractivity contribution in [1.29, 1.82) is 0 Å². The van der Waals surface area contributed by atoms with Gasteiger partial charge in [0.25, 0.3) is 0 Å². The van der Waals surface area contributed by atoms with Crippen molar-refractivity contribution in [2.75, 3.05) is 11.4 Å². The number of halogens is 1. The first-order valence-corrected chi connectivity index (χ1v) is 5.81. The van der Waals surface area contributed by atoms with Crippen LogP contribution in [0.2, 0.25) is 0 Å². The van der Waals surface area contributed by atoms with Crippen LogP contribution in [0.3, 0.4) is 0 Å². The third-order valence-electron chi connectivity index (χ3n) is 2.83. The van der Waals surface area contributed by atoms with Crippen LogP contribution < -0.4 is 4.90 Å². The predicted octanol–water partition coefficient (Wildman–Crippen LogP) is 3.00. The van der Waals surface area contributed by atoms with Gasteiger partial charge in [-0.05, 0) is 32.9 Å². The second-order valence-corrected chi connectivity index (χ2v) is 4.21. The molecule has 0 saturated carbocycles. The maximum absolute atomic E-state index is 13.6. The summed E-state index contributed by atoms with van der Waals surface area (Å²) in [4.78, 5) is 10.4. The summed E-state index contributed by atoms with van der Waals surface area (Å²) >= 11 is 0. The summed E-state index contributed by atoms with van der Waals surface area (Å²) in [5, 5.41) is 0.767. The summed E-state index contributed by atoms with van der Waals surface area (Å²) in [6.45, 7) is 7.08. The van der Waals surface area contributed by atoms with Crippen molar-refractivity contribution in [3.63, 3.8) is 0 Å². The van der Waals surface area contributed by atoms with Gasteiger partial charge in [0.1, 0.15) is 23.5 Å². The van der Waals surface area contributed by atoms with E-state index < -0.39 is 0 Å². The van der Waals surface area contributed by atoms with E-state index in [0.29, 0.717) is 11.6 Å². The van der Waals surface area contributed by atoms with Crippen LogP contribution in [-0.4, -0.2) is 22.6 Å². The lowest BCUT2D eigenvalue weighted by Crippen LogP contribution is -2.31. The van der Waals surface area contributed by atoms with Crippen LogP contribution in [0.15, 0.2) is 24.5 Å². The smallest absolute Gasteiger partial charge is 0.149 e. The van der Waals surface area contributed by atoms with Gasteiger partial charge in [0, 0.05) is 18.0 Å². The van der Waals surface area contributed by atoms with Crippen LogP contribution in [0.4, 0.5) is 10.2 Å². The minimum absolute atomic E-state index is 0.300. The predicted molar refractivity (Wildman–Crippen MR) is 67.7 cm³/mol. The Labute approximate surface area is 100 Å². The van der Waals surface area contributed by atoms with E-state index in [1.54, 1.807) is 6.07 Å². The van der Waals surface area contributed by atoms with E-state index >= 15 is 0 Å². The Bertz CT molecular complexity index is 525. The number of hydrogen-bond donors (Lipinski definition) is 0. The Morgan fingerprint density at radius 2 is 2.06 bits per heavy atom. The molecular formula is C13H16FN3. The Balaban J connectivity index is 2.65. The quantitative estimate of drug-likeness (QED) is 0.816. The summed E-state index contributed by atoms with van der Waals surface area (Å²) < 4.78 is 13.6. The fourth-order valence-electron chi connectivity index (χ4n) is 2.03. The third kappa shape index (κ3) is 2.07. The van der Waals surface area contributed by atoms with Crippen molar-refractivity contribution in [2.45, 2.75) is 26.8 Å². The van der Waals surface area contributed by atoms with Gasteiger partial charge in [-0.2, -0.15) is 0 Å². The molecule has 0 aliphatic heterocycles. The first-order chi connectivity index (χ1) is 8.15. The number of hydrogen-bond acceptors (Lipinski definition) is 3. The lowest BCUT2D eigenvalue weighted by molar-refractivity contribution is 0.636. The molecule has 0 spiro atoms. The molecule has 90 valence electrons. The Hall–Kier alpha value is -1.71. The van der Waals surface area contributed by atoms with Gasteiger partial charge in [-0.1, -0.05) is 6.07 Å². The van der Waals surface area contributed by atoms with E-state index in [1.807, 2.05) is 6.07 Å². The maximum Gasteiger partial charge on any atom is 0.149 e. The number of nitrogens with zero attached hydrogens (tertiary/aromatic N) is 3. The number of benzene rings is 1. The zero-order valence-corrected chi connectivity index (χ0v) is 10.3. The number of aromatic nitrogens is 2. The van der Waals surface area contributed by atoms with Gasteiger partial charge in [-0.15, -0.1) is 0 Å². The average molecular weight is 233 g/mol. The lowest BCUT2D eigenvalue weighted by atomic mass is 10.2. The molecule has 2 rings (SSSR count). The second-order valence-electron chi connectivity index (χ2n) is 4.21. The number of fused-ring (bicyclic) bond motifs is 1. The van der Waals surface area contributed by atoms with Crippen LogP contribution in [0.1, 0.15) is 20.8 Å². The first-order valence-electron chi connectivity index (χ1n) is 5.81. The van der Waals surface area contributed by atoms with Crippen molar-refractivity contribution < 1.29 is 4.39 Å². The summed E-state index contributed by atoms with van der Waals surface area (Å²) in [6, 6.07) is 5.30. The van der Waals surface area contributed by atoms with E-state index in [-0.39, 0.29) is 5.82 Å². The van der Waals surface area contributed by atoms with Crippen LogP contribution in [-0.2, 0) is 0 Å². The highest BCUT2D eigenvalue weighted by molar-refractivity contribution is 5.89. The van der Waals surface area contributed by atoms with Gasteiger partial charge >= 0.3 is 0 Å². The molecule has 0 aliphatic carbocycles. The largest absolute Gasteiger partial charge is 0.354 e. The van der Waals surface area contributed by atoms with Crippen molar-refractivity contribution in [3.05, 3.63) is 30.3 Å². The van der Waals surface area contributed by atoms with Crippen molar-refractivity contribution in [2.24, 2.45) is 0 Å². The molecule has 0 unspecified atom stereocenters. The van der Waals surface area contributed by atoms with Crippen LogP contribution in [0.25, 0.3) is 10.9 Å². The average Bonchev–Trinajstić information content (AvgIpc) is 2.31. The molecule has 0 atom stereocenters. The highest BCUT2D eigenvalue weighted by Gasteiger charge is 2.14. The molecule has 3 nitrogen and oxygen atoms in total. The molecule has 1 heterocycles. The molecule has 0 fully saturated rings. The molecule has 2 aromatic rings. The summed E-state index contributed by atoms with van der Waals surface area (Å²) in [7, 11) is 0. The Morgan fingerprint density at radius 3 is 2.71 bits per heavy atom. The van der Waals surface area contributed by atoms with E-state index in [0.717, 1.165) is 17.7 Å². The van der Waals surface area contributed by atoms with Gasteiger partial charge in [0.15, 0.2) is 0 Å². The third-order valence-corrected chi connectivity index (χ3v) is 2.83. The minimum Gasteiger partial charge on any atom is -0.354 e. The molecule has 4 heteroatoms. The highest BCUT2D eigenvalue weighted by atomic mass is 19.1. The SMILES string of the molecule is CCN(c1ncnc2c(F)cccc12)C(C)C. The fourth-order valence-corrected chi connectivity index (χ4v) is 2.03. The van der Waals surface area contributed by atoms with Gasteiger partial charge in [-0.25, -0.2) is 14.4 Å². The molecule has 1 aromatic carbocycles. The standard InChI is InChI=1S/C13H16FN3/c1-4-17(9(2)3)13-10-6-5-7-11(14)12(10)15-8-16-13/h5-9H,4H2,1-3H3. The van der Waals surface area contributed by atoms with Crippen LogP contribution >= 0.6 is 0 Å². The van der Waals surface area contributed by atoms with Gasteiger partial charge < -0.3 is 4.90 Å². The van der Waals surface area contributed by atoms with Gasteiger partial charge in [0.2, 0.25) is 0 Å². The minimum atomic E-state index is -0.300. The lowest BCUT2D eigenvalue weighted by Gasteiger charge is -2.27. The Morgan fingerprint density at radius 1 is 1.29 bits per heavy atom. The Kier molecular flexibility index (Phi) is 3.22. The van der Waals surface area contributed by atoms with Crippen molar-refractivity contribution in [3.8, 4) is 0 Å². The number of rotatable bonds is 3. The summed E-state index contributed by atoms with van der Waals surface area (Å²) in [6.07, 6.45) is 1.42. The normalized spacial score (nSPS) is 11.1. The number of anilines is 1. The number of para-hydroxylation sites is 1. The molecule has 0 saturated heterocycles. The van der Waals surface area contributed by atoms with Crippen molar-refractivity contribution in [1.82, 2.24) is 9.97 Å². The fraction of sp³-hybridized carbons (Fsp3) is 0.385. The molecule has 0 amide bonds.